The summed E-state index contributed by atoms with van der Waals surface area (Å²) in [5, 5.41) is 0.759. The minimum absolute atomic E-state index is 0.0612. The van der Waals surface area contributed by atoms with Gasteiger partial charge in [-0.1, -0.05) is 33.6 Å². The molecule has 2 rings (SSSR count). The zero-order valence-electron chi connectivity index (χ0n) is 9.81. The van der Waals surface area contributed by atoms with Gasteiger partial charge in [0.25, 0.3) is 0 Å². The molecule has 1 heterocycles. The molecule has 0 aliphatic heterocycles. The van der Waals surface area contributed by atoms with Crippen molar-refractivity contribution in [3.05, 3.63) is 63.3 Å². The molecule has 18 heavy (non-hydrogen) atoms. The average molecular weight is 326 g/mol. The summed E-state index contributed by atoms with van der Waals surface area (Å²) in [7, 11) is 0. The number of halogens is 2. The van der Waals surface area contributed by atoms with Crippen molar-refractivity contribution in [1.29, 1.82) is 0 Å². The lowest BCUT2D eigenvalue weighted by Gasteiger charge is -2.13. The van der Waals surface area contributed by atoms with Crippen molar-refractivity contribution in [1.82, 2.24) is 4.98 Å². The molecule has 0 fully saturated rings. The quantitative estimate of drug-likeness (QED) is 0.932. The maximum Gasteiger partial charge on any atom is 0.0449 e. The first kappa shape index (κ1) is 13.5. The van der Waals surface area contributed by atoms with E-state index in [0.717, 1.165) is 27.9 Å². The summed E-state index contributed by atoms with van der Waals surface area (Å²) in [5.41, 5.74) is 8.44. The van der Waals surface area contributed by atoms with Crippen molar-refractivity contribution in [3.8, 4) is 0 Å². The van der Waals surface area contributed by atoms with Crippen LogP contribution >= 0.6 is 27.5 Å². The highest BCUT2D eigenvalue weighted by atomic mass is 79.9. The Hall–Kier alpha value is -0.900. The van der Waals surface area contributed by atoms with Crippen LogP contribution in [0.15, 0.2) is 47.2 Å². The van der Waals surface area contributed by atoms with E-state index < -0.39 is 0 Å². The van der Waals surface area contributed by atoms with Gasteiger partial charge in [0.1, 0.15) is 0 Å². The van der Waals surface area contributed by atoms with Gasteiger partial charge in [-0.15, -0.1) is 0 Å². The zero-order chi connectivity index (χ0) is 13.0. The SMILES string of the molecule is NC(Cc1ccncc1)Cc1ccc(Br)cc1Cl. The normalized spacial score (nSPS) is 12.4. The standard InChI is InChI=1S/C14H14BrClN2/c15-12-2-1-11(14(16)9-12)8-13(17)7-10-3-5-18-6-4-10/h1-6,9,13H,7-8,17H2. The molecule has 1 unspecified atom stereocenters. The largest absolute Gasteiger partial charge is 0.327 e. The van der Waals surface area contributed by atoms with E-state index in [1.807, 2.05) is 30.3 Å². The molecule has 1 atom stereocenters. The lowest BCUT2D eigenvalue weighted by atomic mass is 10.0. The minimum Gasteiger partial charge on any atom is -0.327 e. The van der Waals surface area contributed by atoms with Gasteiger partial charge in [-0.05, 0) is 48.2 Å². The van der Waals surface area contributed by atoms with Crippen LogP contribution in [-0.4, -0.2) is 11.0 Å². The van der Waals surface area contributed by atoms with Crippen LogP contribution in [0.1, 0.15) is 11.1 Å². The Labute approximate surface area is 120 Å². The van der Waals surface area contributed by atoms with Crippen molar-refractivity contribution in [2.24, 2.45) is 5.73 Å². The van der Waals surface area contributed by atoms with Gasteiger partial charge >= 0.3 is 0 Å². The second-order valence-electron chi connectivity index (χ2n) is 4.26. The van der Waals surface area contributed by atoms with Crippen LogP contribution < -0.4 is 5.73 Å². The van der Waals surface area contributed by atoms with Gasteiger partial charge < -0.3 is 5.73 Å². The van der Waals surface area contributed by atoms with Crippen molar-refractivity contribution in [2.45, 2.75) is 18.9 Å². The molecule has 0 bridgehead atoms. The van der Waals surface area contributed by atoms with E-state index in [0.29, 0.717) is 0 Å². The Balaban J connectivity index is 2.01. The fraction of sp³-hybridized carbons (Fsp3) is 0.214. The predicted octanol–water partition coefficient (Wildman–Crippen LogP) is 3.61. The van der Waals surface area contributed by atoms with E-state index in [2.05, 4.69) is 20.9 Å². The first-order chi connectivity index (χ1) is 8.65. The predicted molar refractivity (Wildman–Crippen MR) is 78.8 cm³/mol. The molecule has 2 N–H and O–H groups in total. The first-order valence-corrected chi connectivity index (χ1v) is 6.90. The molecule has 94 valence electrons. The van der Waals surface area contributed by atoms with E-state index >= 15 is 0 Å². The summed E-state index contributed by atoms with van der Waals surface area (Å²) in [5.74, 6) is 0. The average Bonchev–Trinajstić information content (AvgIpc) is 2.34. The van der Waals surface area contributed by atoms with Gasteiger partial charge in [0.15, 0.2) is 0 Å². The minimum atomic E-state index is 0.0612. The number of hydrogen-bond acceptors (Lipinski definition) is 2. The van der Waals surface area contributed by atoms with Crippen molar-refractivity contribution < 1.29 is 0 Å². The third-order valence-electron chi connectivity index (χ3n) is 2.74. The summed E-state index contributed by atoms with van der Waals surface area (Å²) < 4.78 is 0.985. The van der Waals surface area contributed by atoms with Crippen molar-refractivity contribution in [3.63, 3.8) is 0 Å². The summed E-state index contributed by atoms with van der Waals surface area (Å²) >= 11 is 9.57. The maximum atomic E-state index is 6.18. The molecular weight excluding hydrogens is 312 g/mol. The smallest absolute Gasteiger partial charge is 0.0449 e. The number of nitrogens with zero attached hydrogens (tertiary/aromatic N) is 1. The molecule has 0 amide bonds. The molecule has 4 heteroatoms. The number of nitrogens with two attached hydrogens (primary N) is 1. The van der Waals surface area contributed by atoms with Crippen LogP contribution in [0, 0.1) is 0 Å². The van der Waals surface area contributed by atoms with Crippen LogP contribution in [-0.2, 0) is 12.8 Å². The topological polar surface area (TPSA) is 38.9 Å². The Morgan fingerprint density at radius 1 is 1.17 bits per heavy atom. The Kier molecular flexibility index (Phi) is 4.75. The molecule has 2 nitrogen and oxygen atoms in total. The highest BCUT2D eigenvalue weighted by Gasteiger charge is 2.08. The number of hydrogen-bond donors (Lipinski definition) is 1. The summed E-state index contributed by atoms with van der Waals surface area (Å²) in [6.07, 6.45) is 5.17. The molecule has 0 aliphatic rings. The highest BCUT2D eigenvalue weighted by molar-refractivity contribution is 9.10. The van der Waals surface area contributed by atoms with E-state index in [9.17, 15) is 0 Å². The molecule has 0 spiro atoms. The lowest BCUT2D eigenvalue weighted by molar-refractivity contribution is 0.664. The van der Waals surface area contributed by atoms with Gasteiger partial charge in [0.05, 0.1) is 0 Å². The third-order valence-corrected chi connectivity index (χ3v) is 3.59. The molecule has 0 aliphatic carbocycles. The summed E-state index contributed by atoms with van der Waals surface area (Å²) in [6, 6.07) is 9.94. The molecular formula is C14H14BrClN2. The van der Waals surface area contributed by atoms with Crippen LogP contribution in [0.5, 0.6) is 0 Å². The van der Waals surface area contributed by atoms with Gasteiger partial charge in [0.2, 0.25) is 0 Å². The number of pyridine rings is 1. The Morgan fingerprint density at radius 3 is 2.56 bits per heavy atom. The molecule has 0 saturated carbocycles. The fourth-order valence-electron chi connectivity index (χ4n) is 1.86. The van der Waals surface area contributed by atoms with E-state index in [1.54, 1.807) is 12.4 Å². The van der Waals surface area contributed by atoms with Crippen LogP contribution in [0.25, 0.3) is 0 Å². The number of benzene rings is 1. The second-order valence-corrected chi connectivity index (χ2v) is 5.58. The summed E-state index contributed by atoms with van der Waals surface area (Å²) in [4.78, 5) is 3.99. The molecule has 0 saturated heterocycles. The van der Waals surface area contributed by atoms with Crippen LogP contribution in [0.2, 0.25) is 5.02 Å². The van der Waals surface area contributed by atoms with Gasteiger partial charge in [-0.2, -0.15) is 0 Å². The number of rotatable bonds is 4. The van der Waals surface area contributed by atoms with Gasteiger partial charge in [-0.25, -0.2) is 0 Å². The van der Waals surface area contributed by atoms with E-state index in [1.165, 1.54) is 5.56 Å². The molecule has 2 aromatic rings. The molecule has 1 aromatic carbocycles. The Morgan fingerprint density at radius 2 is 1.89 bits per heavy atom. The van der Waals surface area contributed by atoms with Gasteiger partial charge in [-0.3, -0.25) is 4.98 Å². The first-order valence-electron chi connectivity index (χ1n) is 5.73. The fourth-order valence-corrected chi connectivity index (χ4v) is 2.61. The second kappa shape index (κ2) is 6.32. The Bertz CT molecular complexity index is 516. The molecule has 1 aromatic heterocycles. The monoisotopic (exact) mass is 324 g/mol. The van der Waals surface area contributed by atoms with E-state index in [-0.39, 0.29) is 6.04 Å². The zero-order valence-corrected chi connectivity index (χ0v) is 12.2. The van der Waals surface area contributed by atoms with Crippen molar-refractivity contribution >= 4 is 27.5 Å². The highest BCUT2D eigenvalue weighted by Crippen LogP contribution is 2.22. The molecule has 0 radical (unpaired) electrons. The maximum absolute atomic E-state index is 6.18. The third kappa shape index (κ3) is 3.80. The van der Waals surface area contributed by atoms with Gasteiger partial charge in [0, 0.05) is 27.9 Å². The van der Waals surface area contributed by atoms with Crippen molar-refractivity contribution in [2.75, 3.05) is 0 Å². The lowest BCUT2D eigenvalue weighted by Crippen LogP contribution is -2.25. The van der Waals surface area contributed by atoms with E-state index in [4.69, 9.17) is 17.3 Å². The van der Waals surface area contributed by atoms with Crippen LogP contribution in [0.4, 0.5) is 0 Å². The number of aromatic nitrogens is 1. The van der Waals surface area contributed by atoms with Crippen LogP contribution in [0.3, 0.4) is 0 Å². The summed E-state index contributed by atoms with van der Waals surface area (Å²) in [6.45, 7) is 0.